The van der Waals surface area contributed by atoms with E-state index < -0.39 is 5.91 Å². The highest BCUT2D eigenvalue weighted by molar-refractivity contribution is 8.01. The second kappa shape index (κ2) is 8.99. The zero-order chi connectivity index (χ0) is 21.9. The second-order valence-corrected chi connectivity index (χ2v) is 9.45. The first kappa shape index (κ1) is 20.5. The molecule has 0 unspecified atom stereocenters. The van der Waals surface area contributed by atoms with E-state index in [9.17, 15) is 9.18 Å². The first-order chi connectivity index (χ1) is 15.7. The summed E-state index contributed by atoms with van der Waals surface area (Å²) in [7, 11) is 0. The summed E-state index contributed by atoms with van der Waals surface area (Å²) in [5.74, 6) is -0.287. The molecule has 2 aromatic carbocycles. The zero-order valence-electron chi connectivity index (χ0n) is 16.2. The van der Waals surface area contributed by atoms with E-state index in [2.05, 4.69) is 25.6 Å². The van der Waals surface area contributed by atoms with Crippen LogP contribution in [-0.2, 0) is 0 Å². The number of carbonyl (C=O) groups is 1. The molecule has 5 rings (SSSR count). The Morgan fingerprint density at radius 1 is 1.03 bits per heavy atom. The van der Waals surface area contributed by atoms with Crippen molar-refractivity contribution in [3.8, 4) is 16.4 Å². The average Bonchev–Trinajstić information content (AvgIpc) is 3.57. The fourth-order valence-electron chi connectivity index (χ4n) is 2.87. The highest BCUT2D eigenvalue weighted by atomic mass is 32.2. The molecule has 0 aliphatic heterocycles. The largest absolute Gasteiger partial charge is 0.318 e. The number of rotatable bonds is 6. The van der Waals surface area contributed by atoms with Gasteiger partial charge in [-0.3, -0.25) is 4.79 Å². The van der Waals surface area contributed by atoms with Crippen molar-refractivity contribution in [1.29, 1.82) is 0 Å². The molecule has 0 atom stereocenters. The molecule has 0 fully saturated rings. The summed E-state index contributed by atoms with van der Waals surface area (Å²) < 4.78 is 15.7. The number of benzene rings is 2. The maximum atomic E-state index is 13.4. The van der Waals surface area contributed by atoms with Gasteiger partial charge in [-0.15, -0.1) is 26.6 Å². The average molecular weight is 481 g/mol. The third kappa shape index (κ3) is 4.31. The van der Waals surface area contributed by atoms with Gasteiger partial charge >= 0.3 is 0 Å². The van der Waals surface area contributed by atoms with Crippen LogP contribution in [0.15, 0.2) is 80.8 Å². The van der Waals surface area contributed by atoms with Gasteiger partial charge in [0.25, 0.3) is 5.91 Å². The number of hydrogen-bond donors (Lipinski definition) is 1. The van der Waals surface area contributed by atoms with Crippen molar-refractivity contribution in [2.24, 2.45) is 0 Å². The fraction of sp³-hybridized carbons (Fsp3) is 0. The smallest absolute Gasteiger partial charge is 0.295 e. The van der Waals surface area contributed by atoms with Crippen LogP contribution in [0.5, 0.6) is 0 Å². The number of hydrogen-bond acceptors (Lipinski definition) is 8. The summed E-state index contributed by atoms with van der Waals surface area (Å²) in [5, 5.41) is 17.1. The normalized spacial score (nSPS) is 10.9. The van der Waals surface area contributed by atoms with E-state index in [1.807, 2.05) is 35.7 Å². The molecule has 0 aliphatic rings. The van der Waals surface area contributed by atoms with Gasteiger partial charge in [0.1, 0.15) is 11.3 Å². The van der Waals surface area contributed by atoms with Gasteiger partial charge < -0.3 is 5.32 Å². The Balaban J connectivity index is 1.47. The van der Waals surface area contributed by atoms with Gasteiger partial charge in [0.05, 0.1) is 16.3 Å². The van der Waals surface area contributed by atoms with E-state index in [0.29, 0.717) is 17.2 Å². The quantitative estimate of drug-likeness (QED) is 0.351. The van der Waals surface area contributed by atoms with Crippen LogP contribution in [0.2, 0.25) is 0 Å². The predicted octanol–water partition coefficient (Wildman–Crippen LogP) is 5.39. The molecule has 5 aromatic rings. The fourth-order valence-corrected chi connectivity index (χ4v) is 5.09. The molecule has 32 heavy (non-hydrogen) atoms. The van der Waals surface area contributed by atoms with Crippen molar-refractivity contribution >= 4 is 46.0 Å². The molecule has 0 saturated carbocycles. The minimum atomic E-state index is -0.450. The molecule has 3 heterocycles. The molecule has 1 amide bonds. The predicted molar refractivity (Wildman–Crippen MR) is 123 cm³/mol. The number of nitrogens with zero attached hydrogens (tertiary/aromatic N) is 5. The molecule has 1 N–H and O–H groups in total. The molecule has 0 aliphatic carbocycles. The summed E-state index contributed by atoms with van der Waals surface area (Å²) in [5.41, 5.74) is 2.88. The van der Waals surface area contributed by atoms with Gasteiger partial charge in [-0.1, -0.05) is 41.3 Å². The topological polar surface area (TPSA) is 85.6 Å². The summed E-state index contributed by atoms with van der Waals surface area (Å²) in [6, 6.07) is 17.1. The van der Waals surface area contributed by atoms with Crippen molar-refractivity contribution in [3.05, 3.63) is 83.2 Å². The standard InChI is InChI=1S/C21H13FN6OS3/c22-13-7-9-14(10-8-13)28-19(17-6-3-11-30-17)25-18(27-28)20(29)24-15-4-1-2-5-16(15)32-21-26-23-12-31-21/h1-12H,(H,24,29). The van der Waals surface area contributed by atoms with E-state index in [-0.39, 0.29) is 11.6 Å². The number of amides is 1. The Labute approximate surface area is 194 Å². The van der Waals surface area contributed by atoms with Gasteiger partial charge in [-0.2, -0.15) is 0 Å². The van der Waals surface area contributed by atoms with Crippen LogP contribution in [0, 0.1) is 5.82 Å². The monoisotopic (exact) mass is 480 g/mol. The lowest BCUT2D eigenvalue weighted by Crippen LogP contribution is -2.14. The molecule has 158 valence electrons. The number of nitrogens with one attached hydrogen (secondary N) is 1. The lowest BCUT2D eigenvalue weighted by molar-refractivity contribution is 0.101. The Morgan fingerprint density at radius 2 is 1.88 bits per heavy atom. The van der Waals surface area contributed by atoms with Crippen LogP contribution in [0.4, 0.5) is 10.1 Å². The molecule has 7 nitrogen and oxygen atoms in total. The van der Waals surface area contributed by atoms with Gasteiger partial charge in [0, 0.05) is 4.90 Å². The number of thiophene rings is 1. The van der Waals surface area contributed by atoms with Gasteiger partial charge in [0.15, 0.2) is 10.2 Å². The van der Waals surface area contributed by atoms with E-state index in [1.165, 1.54) is 46.6 Å². The molecule has 0 saturated heterocycles. The van der Waals surface area contributed by atoms with Gasteiger partial charge in [-0.05, 0) is 47.8 Å². The van der Waals surface area contributed by atoms with Crippen LogP contribution in [0.1, 0.15) is 10.6 Å². The molecule has 0 bridgehead atoms. The number of para-hydroxylation sites is 1. The maximum absolute atomic E-state index is 13.4. The number of anilines is 1. The second-order valence-electron chi connectivity index (χ2n) is 6.38. The van der Waals surface area contributed by atoms with Crippen LogP contribution in [0.25, 0.3) is 16.4 Å². The zero-order valence-corrected chi connectivity index (χ0v) is 18.6. The minimum Gasteiger partial charge on any atom is -0.318 e. The Hall–Kier alpha value is -3.41. The van der Waals surface area contributed by atoms with E-state index in [1.54, 1.807) is 28.4 Å². The van der Waals surface area contributed by atoms with Crippen LogP contribution in [0.3, 0.4) is 0 Å². The van der Waals surface area contributed by atoms with Crippen molar-refractivity contribution in [2.75, 3.05) is 5.32 Å². The van der Waals surface area contributed by atoms with Crippen molar-refractivity contribution in [1.82, 2.24) is 25.0 Å². The van der Waals surface area contributed by atoms with Crippen LogP contribution in [-0.4, -0.2) is 30.9 Å². The maximum Gasteiger partial charge on any atom is 0.295 e. The summed E-state index contributed by atoms with van der Waals surface area (Å²) in [6.07, 6.45) is 0. The van der Waals surface area contributed by atoms with Crippen molar-refractivity contribution < 1.29 is 9.18 Å². The van der Waals surface area contributed by atoms with Crippen molar-refractivity contribution in [3.63, 3.8) is 0 Å². The number of aromatic nitrogens is 5. The van der Waals surface area contributed by atoms with E-state index >= 15 is 0 Å². The summed E-state index contributed by atoms with van der Waals surface area (Å²) in [4.78, 5) is 19.2. The molecular formula is C21H13FN6OS3. The van der Waals surface area contributed by atoms with Crippen LogP contribution >= 0.6 is 34.4 Å². The van der Waals surface area contributed by atoms with E-state index in [0.717, 1.165) is 14.1 Å². The highest BCUT2D eigenvalue weighted by Gasteiger charge is 2.20. The number of carbonyl (C=O) groups excluding carboxylic acids is 1. The van der Waals surface area contributed by atoms with E-state index in [4.69, 9.17) is 0 Å². The summed E-state index contributed by atoms with van der Waals surface area (Å²) in [6.45, 7) is 0. The Kier molecular flexibility index (Phi) is 5.75. The third-order valence-corrected chi connectivity index (χ3v) is 7.02. The molecule has 3 aromatic heterocycles. The van der Waals surface area contributed by atoms with Crippen LogP contribution < -0.4 is 5.32 Å². The third-order valence-electron chi connectivity index (χ3n) is 4.30. The Bertz CT molecular complexity index is 1350. The highest BCUT2D eigenvalue weighted by Crippen LogP contribution is 2.34. The van der Waals surface area contributed by atoms with Gasteiger partial charge in [-0.25, -0.2) is 14.1 Å². The molecule has 11 heteroatoms. The first-order valence-corrected chi connectivity index (χ1v) is 11.9. The lowest BCUT2D eigenvalue weighted by Gasteiger charge is -2.07. The van der Waals surface area contributed by atoms with Crippen molar-refractivity contribution in [2.45, 2.75) is 9.24 Å². The molecular weight excluding hydrogens is 467 g/mol. The SMILES string of the molecule is O=C(Nc1ccccc1Sc1nncs1)c1nc(-c2cccs2)n(-c2ccc(F)cc2)n1. The molecule has 0 spiro atoms. The lowest BCUT2D eigenvalue weighted by atomic mass is 10.3. The Morgan fingerprint density at radius 3 is 2.62 bits per heavy atom. The van der Waals surface area contributed by atoms with Gasteiger partial charge in [0.2, 0.25) is 5.82 Å². The molecule has 0 radical (unpaired) electrons. The first-order valence-electron chi connectivity index (χ1n) is 9.28. The minimum absolute atomic E-state index is 0.00782. The number of halogens is 1. The summed E-state index contributed by atoms with van der Waals surface area (Å²) >= 11 is 4.31.